The maximum Gasteiger partial charge on any atom is 0.335 e. The summed E-state index contributed by atoms with van der Waals surface area (Å²) in [5, 5.41) is 0. The van der Waals surface area contributed by atoms with Gasteiger partial charge in [0.25, 0.3) is 5.91 Å². The van der Waals surface area contributed by atoms with Gasteiger partial charge in [-0.05, 0) is 62.2 Å². The van der Waals surface area contributed by atoms with E-state index in [1.807, 2.05) is 26.0 Å². The minimum atomic E-state index is -0.897. The van der Waals surface area contributed by atoms with Crippen molar-refractivity contribution in [2.24, 2.45) is 5.73 Å². The Morgan fingerprint density at radius 3 is 2.38 bits per heavy atom. The summed E-state index contributed by atoms with van der Waals surface area (Å²) in [6, 6.07) is 10.7. The molecule has 174 valence electrons. The lowest BCUT2D eigenvalue weighted by Crippen LogP contribution is -2.28. The molecule has 10 heteroatoms. The fourth-order valence-corrected chi connectivity index (χ4v) is 3.64. The quantitative estimate of drug-likeness (QED) is 0.439. The van der Waals surface area contributed by atoms with Crippen LogP contribution < -0.4 is 11.4 Å². The van der Waals surface area contributed by atoms with Crippen LogP contribution in [0.2, 0.25) is 0 Å². The highest BCUT2D eigenvalue weighted by molar-refractivity contribution is 6.02. The van der Waals surface area contributed by atoms with Crippen LogP contribution in [0, 0.1) is 19.7 Å². The van der Waals surface area contributed by atoms with E-state index < -0.39 is 29.9 Å². The van der Waals surface area contributed by atoms with Gasteiger partial charge in [-0.1, -0.05) is 12.1 Å². The number of hydrogen-bond donors (Lipinski definition) is 1. The minimum Gasteiger partial charge on any atom is -0.465 e. The number of ether oxygens (including phenoxy) is 1. The van der Waals surface area contributed by atoms with E-state index in [1.165, 1.54) is 28.8 Å². The van der Waals surface area contributed by atoms with Crippen molar-refractivity contribution in [1.29, 1.82) is 0 Å². The molecule has 0 saturated carbocycles. The van der Waals surface area contributed by atoms with Crippen LogP contribution >= 0.6 is 0 Å². The van der Waals surface area contributed by atoms with Crippen LogP contribution in [0.25, 0.3) is 28.2 Å². The number of fused-ring (bicyclic) bond motifs is 1. The zero-order valence-electron chi connectivity index (χ0n) is 18.8. The molecule has 0 unspecified atom stereocenters. The Bertz CT molecular complexity index is 1490. The summed E-state index contributed by atoms with van der Waals surface area (Å²) in [5.41, 5.74) is 7.73. The number of carbonyl (C=O) groups excluding carboxylic acids is 2. The third-order valence-corrected chi connectivity index (χ3v) is 5.45. The molecule has 9 nitrogen and oxygen atoms in total. The molecule has 0 aliphatic rings. The summed E-state index contributed by atoms with van der Waals surface area (Å²) in [6.45, 7) is 5.15. The van der Waals surface area contributed by atoms with Crippen molar-refractivity contribution in [3.63, 3.8) is 0 Å². The van der Waals surface area contributed by atoms with Crippen LogP contribution in [0.4, 0.5) is 4.39 Å². The van der Waals surface area contributed by atoms with E-state index in [4.69, 9.17) is 10.5 Å². The Morgan fingerprint density at radius 1 is 1.06 bits per heavy atom. The van der Waals surface area contributed by atoms with Crippen LogP contribution in [0.1, 0.15) is 28.5 Å². The second-order valence-electron chi connectivity index (χ2n) is 7.72. The summed E-state index contributed by atoms with van der Waals surface area (Å²) in [6.07, 6.45) is 0. The molecule has 4 rings (SSSR count). The zero-order valence-corrected chi connectivity index (χ0v) is 18.8. The van der Waals surface area contributed by atoms with Crippen LogP contribution in [0.15, 0.2) is 47.3 Å². The molecule has 0 aliphatic carbocycles. The maximum absolute atomic E-state index is 13.6. The number of amides is 1. The minimum absolute atomic E-state index is 0.0116. The van der Waals surface area contributed by atoms with E-state index in [2.05, 4.69) is 9.97 Å². The molecule has 0 saturated heterocycles. The summed E-state index contributed by atoms with van der Waals surface area (Å²) >= 11 is 0. The standard InChI is InChI=1S/C24H22FN5O4/c1-4-34-18(31)12-29-20-19(21(26)32)27-22(15-6-5-13(2)14(3)11-15)28-23(20)30(24(29)33)17-9-7-16(25)8-10-17/h5-11H,4,12H2,1-3H3,(H2,26,32). The maximum atomic E-state index is 13.6. The molecular weight excluding hydrogens is 441 g/mol. The van der Waals surface area contributed by atoms with Crippen molar-refractivity contribution < 1.29 is 18.7 Å². The van der Waals surface area contributed by atoms with E-state index in [0.717, 1.165) is 15.7 Å². The number of hydrogen-bond acceptors (Lipinski definition) is 6. The number of esters is 1. The van der Waals surface area contributed by atoms with Gasteiger partial charge < -0.3 is 10.5 Å². The number of aryl methyl sites for hydroxylation is 2. The van der Waals surface area contributed by atoms with Gasteiger partial charge in [-0.25, -0.2) is 23.7 Å². The number of primary amides is 1. The average molecular weight is 463 g/mol. The van der Waals surface area contributed by atoms with Crippen LogP contribution in [-0.4, -0.2) is 37.6 Å². The lowest BCUT2D eigenvalue weighted by molar-refractivity contribution is -0.143. The summed E-state index contributed by atoms with van der Waals surface area (Å²) in [5.74, 6) is -1.90. The monoisotopic (exact) mass is 463 g/mol. The van der Waals surface area contributed by atoms with E-state index in [-0.39, 0.29) is 29.3 Å². The Balaban J connectivity index is 2.08. The van der Waals surface area contributed by atoms with Gasteiger partial charge in [0.1, 0.15) is 17.9 Å². The number of carbonyl (C=O) groups is 2. The zero-order chi connectivity index (χ0) is 24.6. The molecule has 2 aromatic heterocycles. The molecule has 0 atom stereocenters. The Kier molecular flexibility index (Phi) is 5.97. The summed E-state index contributed by atoms with van der Waals surface area (Å²) < 4.78 is 20.8. The third-order valence-electron chi connectivity index (χ3n) is 5.45. The lowest BCUT2D eigenvalue weighted by Gasteiger charge is -2.09. The first kappa shape index (κ1) is 22.8. The van der Waals surface area contributed by atoms with Gasteiger partial charge in [0.15, 0.2) is 17.2 Å². The van der Waals surface area contributed by atoms with Gasteiger partial charge in [-0.2, -0.15) is 0 Å². The summed E-state index contributed by atoms with van der Waals surface area (Å²) in [4.78, 5) is 47.0. The van der Waals surface area contributed by atoms with Gasteiger partial charge in [0, 0.05) is 5.56 Å². The molecule has 4 aromatic rings. The fraction of sp³-hybridized carbons (Fsp3) is 0.208. The molecule has 0 aliphatic heterocycles. The average Bonchev–Trinajstić information content (AvgIpc) is 3.07. The molecule has 2 heterocycles. The SMILES string of the molecule is CCOC(=O)Cn1c(=O)n(-c2ccc(F)cc2)c2nc(-c3ccc(C)c(C)c3)nc(C(N)=O)c21. The summed E-state index contributed by atoms with van der Waals surface area (Å²) in [7, 11) is 0. The lowest BCUT2D eigenvalue weighted by atomic mass is 10.1. The van der Waals surface area contributed by atoms with E-state index in [9.17, 15) is 18.8 Å². The topological polar surface area (TPSA) is 122 Å². The van der Waals surface area contributed by atoms with Crippen LogP contribution in [-0.2, 0) is 16.1 Å². The van der Waals surface area contributed by atoms with Gasteiger partial charge in [-0.15, -0.1) is 0 Å². The number of nitrogens with zero attached hydrogens (tertiary/aromatic N) is 4. The third kappa shape index (κ3) is 4.05. The smallest absolute Gasteiger partial charge is 0.335 e. The number of imidazole rings is 1. The highest BCUT2D eigenvalue weighted by atomic mass is 19.1. The normalized spacial score (nSPS) is 11.1. The highest BCUT2D eigenvalue weighted by Crippen LogP contribution is 2.25. The molecule has 0 spiro atoms. The van der Waals surface area contributed by atoms with Gasteiger partial charge in [0.05, 0.1) is 12.3 Å². The predicted octanol–water partition coefficient (Wildman–Crippen LogP) is 2.67. The van der Waals surface area contributed by atoms with Crippen molar-refractivity contribution in [1.82, 2.24) is 19.1 Å². The molecule has 0 bridgehead atoms. The predicted molar refractivity (Wildman–Crippen MR) is 123 cm³/mol. The van der Waals surface area contributed by atoms with E-state index >= 15 is 0 Å². The van der Waals surface area contributed by atoms with Crippen molar-refractivity contribution in [3.05, 3.63) is 75.6 Å². The Morgan fingerprint density at radius 2 is 1.76 bits per heavy atom. The van der Waals surface area contributed by atoms with Gasteiger partial charge in [0.2, 0.25) is 0 Å². The molecule has 1 amide bonds. The van der Waals surface area contributed by atoms with Crippen molar-refractivity contribution >= 4 is 23.0 Å². The van der Waals surface area contributed by atoms with Crippen LogP contribution in [0.3, 0.4) is 0 Å². The van der Waals surface area contributed by atoms with Crippen molar-refractivity contribution in [2.75, 3.05) is 6.61 Å². The fourth-order valence-electron chi connectivity index (χ4n) is 3.64. The number of aromatic nitrogens is 4. The van der Waals surface area contributed by atoms with E-state index in [1.54, 1.807) is 13.0 Å². The second kappa shape index (κ2) is 8.89. The molecular formula is C24H22FN5O4. The highest BCUT2D eigenvalue weighted by Gasteiger charge is 2.25. The number of nitrogens with two attached hydrogens (primary N) is 1. The number of benzene rings is 2. The van der Waals surface area contributed by atoms with E-state index in [0.29, 0.717) is 11.3 Å². The molecule has 0 radical (unpaired) electrons. The molecule has 2 N–H and O–H groups in total. The van der Waals surface area contributed by atoms with Crippen LogP contribution in [0.5, 0.6) is 0 Å². The second-order valence-corrected chi connectivity index (χ2v) is 7.72. The largest absolute Gasteiger partial charge is 0.465 e. The number of rotatable bonds is 6. The Labute approximate surface area is 193 Å². The Hall–Kier alpha value is -4.34. The van der Waals surface area contributed by atoms with Crippen molar-refractivity contribution in [3.8, 4) is 17.1 Å². The van der Waals surface area contributed by atoms with Crippen molar-refractivity contribution in [2.45, 2.75) is 27.3 Å². The molecule has 34 heavy (non-hydrogen) atoms. The van der Waals surface area contributed by atoms with Gasteiger partial charge in [-0.3, -0.25) is 14.2 Å². The first-order chi connectivity index (χ1) is 16.2. The van der Waals surface area contributed by atoms with Gasteiger partial charge >= 0.3 is 11.7 Å². The molecule has 0 fully saturated rings. The molecule has 2 aromatic carbocycles. The number of halogens is 1. The first-order valence-electron chi connectivity index (χ1n) is 10.5. The first-order valence-corrected chi connectivity index (χ1v) is 10.5.